The van der Waals surface area contributed by atoms with E-state index < -0.39 is 4.92 Å². The fraction of sp³-hybridized carbons (Fsp3) is 0.450. The van der Waals surface area contributed by atoms with Gasteiger partial charge in [-0.25, -0.2) is 0 Å². The second kappa shape index (κ2) is 6.13. The number of nitrogens with zero attached hydrogens (tertiary/aromatic N) is 3. The van der Waals surface area contributed by atoms with Crippen LogP contribution in [0.4, 0.5) is 5.69 Å². The number of imide groups is 1. The highest BCUT2D eigenvalue weighted by Gasteiger charge is 2.67. The van der Waals surface area contributed by atoms with Crippen molar-refractivity contribution in [1.82, 2.24) is 5.01 Å². The molecule has 2 amide bonds. The van der Waals surface area contributed by atoms with Gasteiger partial charge in [0.25, 0.3) is 17.5 Å². The number of allylic oxidation sites excluding steroid dienone is 2. The molecule has 29 heavy (non-hydrogen) atoms. The molecule has 1 aliphatic heterocycles. The predicted octanol–water partition coefficient (Wildman–Crippen LogP) is 2.00. The molecule has 1 heterocycles. The molecule has 1 saturated heterocycles. The van der Waals surface area contributed by atoms with Crippen LogP contribution < -0.4 is 9.47 Å². The Balaban J connectivity index is 1.48. The first-order chi connectivity index (χ1) is 14.0. The molecular weight excluding hydrogens is 378 g/mol. The second-order valence-electron chi connectivity index (χ2n) is 7.91. The number of carbonyl (C=O) groups is 2. The average Bonchev–Trinajstić information content (AvgIpc) is 3.50. The molecule has 2 saturated carbocycles. The van der Waals surface area contributed by atoms with Crippen molar-refractivity contribution in [1.29, 1.82) is 0 Å². The number of rotatable bonds is 5. The summed E-state index contributed by atoms with van der Waals surface area (Å²) in [5.74, 6) is 0.333. The molecule has 1 aromatic rings. The molecule has 150 valence electrons. The Morgan fingerprint density at radius 2 is 1.62 bits per heavy atom. The SMILES string of the molecule is COc1cc(/C=N\N2C(=O)[C@H]3[C@@H]4C=C[C@@H]([C@H]5C[C@H]45)[C@@H]3C2=O)c([N+](=O)[O-])cc1OC. The molecule has 0 N–H and O–H groups in total. The summed E-state index contributed by atoms with van der Waals surface area (Å²) in [6, 6.07) is 2.63. The first kappa shape index (κ1) is 17.8. The van der Waals surface area contributed by atoms with Gasteiger partial charge in [-0.2, -0.15) is 10.1 Å². The van der Waals surface area contributed by atoms with Gasteiger partial charge in [-0.1, -0.05) is 12.2 Å². The molecular formula is C20H19N3O6. The van der Waals surface area contributed by atoms with Crippen molar-refractivity contribution < 1.29 is 24.0 Å². The smallest absolute Gasteiger partial charge is 0.282 e. The van der Waals surface area contributed by atoms with Crippen molar-refractivity contribution in [3.8, 4) is 11.5 Å². The van der Waals surface area contributed by atoms with Gasteiger partial charge in [0.1, 0.15) is 0 Å². The van der Waals surface area contributed by atoms with Crippen molar-refractivity contribution in [2.24, 2.45) is 40.6 Å². The van der Waals surface area contributed by atoms with E-state index in [9.17, 15) is 19.7 Å². The third-order valence-electron chi connectivity index (χ3n) is 6.68. The molecule has 3 fully saturated rings. The Labute approximate surface area is 166 Å². The average molecular weight is 397 g/mol. The maximum atomic E-state index is 12.9. The van der Waals surface area contributed by atoms with Crippen LogP contribution >= 0.6 is 0 Å². The Bertz CT molecular complexity index is 966. The lowest BCUT2D eigenvalue weighted by Crippen LogP contribution is -2.40. The van der Waals surface area contributed by atoms with Crippen LogP contribution in [-0.2, 0) is 9.59 Å². The van der Waals surface area contributed by atoms with Gasteiger partial charge in [-0.15, -0.1) is 0 Å². The van der Waals surface area contributed by atoms with E-state index in [0.717, 1.165) is 11.4 Å². The Hall–Kier alpha value is -3.23. The van der Waals surface area contributed by atoms with Crippen molar-refractivity contribution in [3.63, 3.8) is 0 Å². The topological polar surface area (TPSA) is 111 Å². The van der Waals surface area contributed by atoms with Crippen LogP contribution in [-0.4, -0.2) is 42.2 Å². The molecule has 2 bridgehead atoms. The fourth-order valence-electron chi connectivity index (χ4n) is 5.32. The summed E-state index contributed by atoms with van der Waals surface area (Å²) >= 11 is 0. The van der Waals surface area contributed by atoms with Crippen LogP contribution in [0.15, 0.2) is 29.4 Å². The standard InChI is InChI=1S/C20H19N3O6/c1-28-15-5-9(14(23(26)27)7-16(15)29-2)8-21-22-19(24)17-10-3-4-11(13-6-12(10)13)18(17)20(22)25/h3-5,7-8,10-13,17-18H,6H2,1-2H3/b21-8-/t10-,11+,12-,13-,17+,18+/m1/s1. The third kappa shape index (κ3) is 2.43. The van der Waals surface area contributed by atoms with Crippen LogP contribution in [0.3, 0.4) is 0 Å². The van der Waals surface area contributed by atoms with Gasteiger partial charge in [-0.05, 0) is 36.2 Å². The van der Waals surface area contributed by atoms with Crippen LogP contribution in [0.2, 0.25) is 0 Å². The second-order valence-corrected chi connectivity index (χ2v) is 7.91. The number of nitro benzene ring substituents is 1. The number of hydrogen-bond donors (Lipinski definition) is 0. The molecule has 0 spiro atoms. The van der Waals surface area contributed by atoms with Gasteiger partial charge in [0.05, 0.1) is 48.8 Å². The first-order valence-corrected chi connectivity index (χ1v) is 9.46. The molecule has 1 aromatic carbocycles. The normalized spacial score (nSPS) is 33.8. The molecule has 6 atom stereocenters. The third-order valence-corrected chi connectivity index (χ3v) is 6.68. The lowest BCUT2D eigenvalue weighted by atomic mass is 9.63. The van der Waals surface area contributed by atoms with E-state index in [4.69, 9.17) is 9.47 Å². The van der Waals surface area contributed by atoms with Gasteiger partial charge >= 0.3 is 0 Å². The number of benzene rings is 1. The Morgan fingerprint density at radius 3 is 2.14 bits per heavy atom. The molecule has 4 aliphatic carbocycles. The number of carbonyl (C=O) groups excluding carboxylic acids is 2. The van der Waals surface area contributed by atoms with Gasteiger partial charge in [-0.3, -0.25) is 19.7 Å². The number of hydrazone groups is 1. The summed E-state index contributed by atoms with van der Waals surface area (Å²) < 4.78 is 10.3. The van der Waals surface area contributed by atoms with Crippen LogP contribution in [0.5, 0.6) is 11.5 Å². The van der Waals surface area contributed by atoms with Crippen LogP contribution in [0.25, 0.3) is 0 Å². The zero-order chi connectivity index (χ0) is 20.4. The number of ether oxygens (including phenoxy) is 2. The van der Waals surface area contributed by atoms with E-state index in [1.54, 1.807) is 0 Å². The van der Waals surface area contributed by atoms with Crippen molar-refractivity contribution in [3.05, 3.63) is 40.0 Å². The van der Waals surface area contributed by atoms with Crippen molar-refractivity contribution >= 4 is 23.7 Å². The summed E-state index contributed by atoms with van der Waals surface area (Å²) in [7, 11) is 2.79. The lowest BCUT2D eigenvalue weighted by Gasteiger charge is -2.37. The molecule has 5 aliphatic rings. The van der Waals surface area contributed by atoms with Crippen molar-refractivity contribution in [2.75, 3.05) is 14.2 Å². The maximum Gasteiger partial charge on any atom is 0.282 e. The number of methoxy groups -OCH3 is 2. The van der Waals surface area contributed by atoms with Crippen LogP contribution in [0.1, 0.15) is 12.0 Å². The quantitative estimate of drug-likeness (QED) is 0.247. The first-order valence-electron chi connectivity index (χ1n) is 9.46. The lowest BCUT2D eigenvalue weighted by molar-refractivity contribution is -0.385. The molecule has 0 aromatic heterocycles. The van der Waals surface area contributed by atoms with Crippen LogP contribution in [0, 0.1) is 45.6 Å². The molecule has 6 rings (SSSR count). The zero-order valence-corrected chi connectivity index (χ0v) is 15.8. The van der Waals surface area contributed by atoms with Gasteiger partial charge in [0.2, 0.25) is 0 Å². The molecule has 9 heteroatoms. The summed E-state index contributed by atoms with van der Waals surface area (Å²) in [5.41, 5.74) is -0.141. The van der Waals surface area contributed by atoms with E-state index in [-0.39, 0.29) is 58.2 Å². The Morgan fingerprint density at radius 1 is 1.07 bits per heavy atom. The molecule has 0 unspecified atom stereocenters. The minimum absolute atomic E-state index is 0.0991. The monoisotopic (exact) mass is 397 g/mol. The summed E-state index contributed by atoms with van der Waals surface area (Å²) in [6.07, 6.45) is 6.41. The van der Waals surface area contributed by atoms with E-state index in [2.05, 4.69) is 17.3 Å². The summed E-state index contributed by atoms with van der Waals surface area (Å²) in [4.78, 5) is 36.8. The van der Waals surface area contributed by atoms with E-state index >= 15 is 0 Å². The van der Waals surface area contributed by atoms with E-state index in [1.807, 2.05) is 0 Å². The minimum atomic E-state index is -0.575. The number of hydrogen-bond acceptors (Lipinski definition) is 7. The van der Waals surface area contributed by atoms with Gasteiger partial charge in [0.15, 0.2) is 11.5 Å². The Kier molecular flexibility index (Phi) is 3.77. The largest absolute Gasteiger partial charge is 0.493 e. The number of amides is 2. The summed E-state index contributed by atoms with van der Waals surface area (Å²) in [5, 5.41) is 16.4. The molecule has 0 radical (unpaired) electrons. The highest BCUT2D eigenvalue weighted by molar-refractivity contribution is 6.06. The minimum Gasteiger partial charge on any atom is -0.493 e. The highest BCUT2D eigenvalue weighted by Crippen LogP contribution is 2.65. The van der Waals surface area contributed by atoms with E-state index in [1.165, 1.54) is 32.6 Å². The summed E-state index contributed by atoms with van der Waals surface area (Å²) in [6.45, 7) is 0. The maximum absolute atomic E-state index is 12.9. The van der Waals surface area contributed by atoms with Crippen molar-refractivity contribution in [2.45, 2.75) is 6.42 Å². The zero-order valence-electron chi connectivity index (χ0n) is 15.8. The highest BCUT2D eigenvalue weighted by atomic mass is 16.6. The van der Waals surface area contributed by atoms with Gasteiger partial charge in [0, 0.05) is 0 Å². The predicted molar refractivity (Wildman–Crippen MR) is 100 cm³/mol. The van der Waals surface area contributed by atoms with Gasteiger partial charge < -0.3 is 9.47 Å². The van der Waals surface area contributed by atoms with E-state index in [0.29, 0.717) is 11.8 Å². The molecule has 9 nitrogen and oxygen atoms in total. The number of nitro groups is 1. The fourth-order valence-corrected chi connectivity index (χ4v) is 5.32.